The molecule has 2 N–H and O–H groups in total. The second-order valence-corrected chi connectivity index (χ2v) is 3.72. The van der Waals surface area contributed by atoms with Crippen LogP contribution in [0.15, 0.2) is 30.5 Å². The maximum absolute atomic E-state index is 11.0. The monoisotopic (exact) mass is 231 g/mol. The number of nitrogens with zero attached hydrogens (tertiary/aromatic N) is 2. The van der Waals surface area contributed by atoms with Crippen LogP contribution in [0, 0.1) is 0 Å². The van der Waals surface area contributed by atoms with Gasteiger partial charge in [0.05, 0.1) is 17.4 Å². The minimum Gasteiger partial charge on any atom is -0.480 e. The number of benzene rings is 1. The molecule has 1 aromatic heterocycles. The molecule has 0 saturated heterocycles. The third kappa shape index (κ3) is 2.33. The largest absolute Gasteiger partial charge is 0.480 e. The van der Waals surface area contributed by atoms with E-state index in [1.807, 2.05) is 31.2 Å². The number of fused-ring (bicyclic) bond motifs is 1. The predicted octanol–water partition coefficient (Wildman–Crippen LogP) is 1.90. The lowest BCUT2D eigenvalue weighted by molar-refractivity contribution is -0.137. The van der Waals surface area contributed by atoms with Crippen LogP contribution < -0.4 is 5.32 Å². The zero-order chi connectivity index (χ0) is 12.3. The first-order valence-corrected chi connectivity index (χ1v) is 5.42. The molecule has 1 atom stereocenters. The van der Waals surface area contributed by atoms with Gasteiger partial charge in [-0.2, -0.15) is 10.2 Å². The van der Waals surface area contributed by atoms with Crippen LogP contribution in [-0.2, 0) is 4.79 Å². The highest BCUT2D eigenvalue weighted by Crippen LogP contribution is 2.20. The molecule has 1 heterocycles. The fraction of sp³-hybridized carbons (Fsp3) is 0.250. The van der Waals surface area contributed by atoms with Gasteiger partial charge in [0.15, 0.2) is 0 Å². The molecule has 1 aromatic carbocycles. The van der Waals surface area contributed by atoms with Crippen molar-refractivity contribution in [3.8, 4) is 0 Å². The molecule has 1 unspecified atom stereocenters. The molecule has 0 radical (unpaired) electrons. The van der Waals surface area contributed by atoms with Gasteiger partial charge in [-0.1, -0.05) is 25.1 Å². The van der Waals surface area contributed by atoms with Crippen LogP contribution in [0.2, 0.25) is 0 Å². The quantitative estimate of drug-likeness (QED) is 0.840. The Morgan fingerprint density at radius 2 is 2.24 bits per heavy atom. The van der Waals surface area contributed by atoms with Crippen LogP contribution in [-0.4, -0.2) is 27.3 Å². The summed E-state index contributed by atoms with van der Waals surface area (Å²) in [7, 11) is 0. The maximum Gasteiger partial charge on any atom is 0.326 e. The van der Waals surface area contributed by atoms with E-state index in [1.165, 1.54) is 0 Å². The molecule has 88 valence electrons. The van der Waals surface area contributed by atoms with Crippen molar-refractivity contribution < 1.29 is 9.90 Å². The predicted molar refractivity (Wildman–Crippen MR) is 64.9 cm³/mol. The molecular weight excluding hydrogens is 218 g/mol. The van der Waals surface area contributed by atoms with Gasteiger partial charge in [0.2, 0.25) is 0 Å². The molecule has 0 fully saturated rings. The maximum atomic E-state index is 11.0. The van der Waals surface area contributed by atoms with Crippen LogP contribution in [0.4, 0.5) is 5.69 Å². The van der Waals surface area contributed by atoms with Gasteiger partial charge in [-0.15, -0.1) is 0 Å². The molecule has 5 nitrogen and oxygen atoms in total. The average molecular weight is 231 g/mol. The minimum absolute atomic E-state index is 0.506. The summed E-state index contributed by atoms with van der Waals surface area (Å²) in [5.74, 6) is -0.867. The Bertz CT molecular complexity index is 537. The number of hydrogen-bond donors (Lipinski definition) is 2. The molecule has 0 aliphatic rings. The van der Waals surface area contributed by atoms with E-state index in [0.717, 1.165) is 10.9 Å². The van der Waals surface area contributed by atoms with E-state index < -0.39 is 12.0 Å². The second kappa shape index (κ2) is 4.78. The highest BCUT2D eigenvalue weighted by atomic mass is 16.4. The number of nitrogens with one attached hydrogen (secondary N) is 1. The first-order chi connectivity index (χ1) is 8.22. The number of anilines is 1. The van der Waals surface area contributed by atoms with Gasteiger partial charge in [0.25, 0.3) is 0 Å². The van der Waals surface area contributed by atoms with Crippen molar-refractivity contribution in [1.82, 2.24) is 10.2 Å². The number of rotatable bonds is 4. The van der Waals surface area contributed by atoms with E-state index in [4.69, 9.17) is 5.11 Å². The van der Waals surface area contributed by atoms with Crippen LogP contribution >= 0.6 is 0 Å². The van der Waals surface area contributed by atoms with Gasteiger partial charge >= 0.3 is 5.97 Å². The Hall–Kier alpha value is -2.17. The molecule has 5 heteroatoms. The van der Waals surface area contributed by atoms with Gasteiger partial charge in [0, 0.05) is 5.39 Å². The third-order valence-electron chi connectivity index (χ3n) is 2.58. The third-order valence-corrected chi connectivity index (χ3v) is 2.58. The molecule has 0 aliphatic heterocycles. The number of aliphatic carboxylic acids is 1. The fourth-order valence-electron chi connectivity index (χ4n) is 1.65. The number of carbonyl (C=O) groups is 1. The fourth-order valence-corrected chi connectivity index (χ4v) is 1.65. The number of carboxylic acid groups (broad SMARTS) is 1. The van der Waals surface area contributed by atoms with Crippen LogP contribution in [0.5, 0.6) is 0 Å². The molecule has 2 aromatic rings. The van der Waals surface area contributed by atoms with Gasteiger partial charge in [0.1, 0.15) is 6.04 Å². The lowest BCUT2D eigenvalue weighted by Crippen LogP contribution is -2.28. The van der Waals surface area contributed by atoms with Crippen LogP contribution in [0.1, 0.15) is 13.3 Å². The van der Waals surface area contributed by atoms with E-state index in [0.29, 0.717) is 12.1 Å². The van der Waals surface area contributed by atoms with E-state index in [9.17, 15) is 4.79 Å². The van der Waals surface area contributed by atoms with Gasteiger partial charge < -0.3 is 10.4 Å². The Balaban J connectivity index is 2.38. The minimum atomic E-state index is -0.867. The molecular formula is C12H13N3O2. The molecule has 0 aliphatic carbocycles. The average Bonchev–Trinajstić information content (AvgIpc) is 2.35. The standard InChI is InChI=1S/C12H13N3O2/c1-2-9(12(16)17)14-11-7-13-15-10-6-4-3-5-8(10)11/h3-7,9H,2H2,1H3,(H,14,15)(H,16,17). The summed E-state index contributed by atoms with van der Waals surface area (Å²) in [6.07, 6.45) is 2.06. The van der Waals surface area contributed by atoms with E-state index >= 15 is 0 Å². The molecule has 2 rings (SSSR count). The molecule has 0 saturated carbocycles. The SMILES string of the molecule is CCC(Nc1cnnc2ccccc12)C(=O)O. The van der Waals surface area contributed by atoms with Crippen LogP contribution in [0.3, 0.4) is 0 Å². The number of hydrogen-bond acceptors (Lipinski definition) is 4. The summed E-state index contributed by atoms with van der Waals surface area (Å²) in [6.45, 7) is 1.82. The Kier molecular flexibility index (Phi) is 3.18. The first kappa shape index (κ1) is 11.3. The first-order valence-electron chi connectivity index (χ1n) is 5.42. The van der Waals surface area contributed by atoms with Gasteiger partial charge in [-0.25, -0.2) is 4.79 Å². The Labute approximate surface area is 98.5 Å². The van der Waals surface area contributed by atoms with Crippen molar-refractivity contribution in [2.75, 3.05) is 5.32 Å². The highest BCUT2D eigenvalue weighted by molar-refractivity contribution is 5.92. The zero-order valence-corrected chi connectivity index (χ0v) is 9.42. The van der Waals surface area contributed by atoms with Crippen LogP contribution in [0.25, 0.3) is 10.9 Å². The lowest BCUT2D eigenvalue weighted by atomic mass is 10.1. The van der Waals surface area contributed by atoms with E-state index in [1.54, 1.807) is 6.20 Å². The molecule has 0 amide bonds. The number of aromatic nitrogens is 2. The van der Waals surface area contributed by atoms with Gasteiger partial charge in [-0.05, 0) is 12.5 Å². The number of carboxylic acids is 1. The van der Waals surface area contributed by atoms with Crippen molar-refractivity contribution in [1.29, 1.82) is 0 Å². The topological polar surface area (TPSA) is 75.1 Å². The molecule has 17 heavy (non-hydrogen) atoms. The van der Waals surface area contributed by atoms with Crippen molar-refractivity contribution in [2.45, 2.75) is 19.4 Å². The summed E-state index contributed by atoms with van der Waals surface area (Å²) in [6, 6.07) is 6.88. The molecule has 0 bridgehead atoms. The summed E-state index contributed by atoms with van der Waals surface area (Å²) in [5.41, 5.74) is 1.45. The van der Waals surface area contributed by atoms with Crippen molar-refractivity contribution in [3.63, 3.8) is 0 Å². The van der Waals surface area contributed by atoms with Crippen molar-refractivity contribution in [2.24, 2.45) is 0 Å². The van der Waals surface area contributed by atoms with Gasteiger partial charge in [-0.3, -0.25) is 0 Å². The zero-order valence-electron chi connectivity index (χ0n) is 9.42. The molecule has 0 spiro atoms. The summed E-state index contributed by atoms with van der Waals surface area (Å²) in [5, 5.41) is 20.7. The smallest absolute Gasteiger partial charge is 0.326 e. The summed E-state index contributed by atoms with van der Waals surface area (Å²) >= 11 is 0. The Morgan fingerprint density at radius 3 is 2.94 bits per heavy atom. The second-order valence-electron chi connectivity index (χ2n) is 3.72. The summed E-state index contributed by atoms with van der Waals surface area (Å²) in [4.78, 5) is 11.0. The normalized spacial score (nSPS) is 12.3. The van der Waals surface area contributed by atoms with Crippen molar-refractivity contribution >= 4 is 22.6 Å². The Morgan fingerprint density at radius 1 is 1.47 bits per heavy atom. The highest BCUT2D eigenvalue weighted by Gasteiger charge is 2.15. The summed E-state index contributed by atoms with van der Waals surface area (Å²) < 4.78 is 0. The van der Waals surface area contributed by atoms with E-state index in [2.05, 4.69) is 15.5 Å². The van der Waals surface area contributed by atoms with Crippen molar-refractivity contribution in [3.05, 3.63) is 30.5 Å². The van der Waals surface area contributed by atoms with E-state index in [-0.39, 0.29) is 0 Å². The lowest BCUT2D eigenvalue weighted by Gasteiger charge is -2.14.